The summed E-state index contributed by atoms with van der Waals surface area (Å²) < 4.78 is 0.938. The quantitative estimate of drug-likeness (QED) is 0.638. The van der Waals surface area contributed by atoms with Crippen molar-refractivity contribution in [1.82, 2.24) is 4.98 Å². The number of aryl methyl sites for hydroxylation is 2. The van der Waals surface area contributed by atoms with Crippen molar-refractivity contribution in [3.63, 3.8) is 0 Å². The molecule has 0 atom stereocenters. The molecule has 2 heterocycles. The van der Waals surface area contributed by atoms with Crippen LogP contribution in [0.4, 0.5) is 5.69 Å². The van der Waals surface area contributed by atoms with Crippen LogP contribution in [0.25, 0.3) is 10.6 Å². The van der Waals surface area contributed by atoms with Gasteiger partial charge in [0.1, 0.15) is 9.88 Å². The molecule has 2 aromatic heterocycles. The van der Waals surface area contributed by atoms with Gasteiger partial charge in [-0.05, 0) is 43.0 Å². The standard InChI is InChI=1S/C16H13BrN2OS2/c1-9-3-4-12(17)7-13(9)19-15(20)14-10(2)18-16(22-14)11-5-6-21-8-11/h3-8H,1-2H3,(H,19,20). The molecule has 0 fully saturated rings. The Morgan fingerprint density at radius 3 is 2.82 bits per heavy atom. The molecule has 3 nitrogen and oxygen atoms in total. The Kier molecular flexibility index (Phi) is 4.42. The molecule has 1 aromatic carbocycles. The summed E-state index contributed by atoms with van der Waals surface area (Å²) in [5.74, 6) is -0.113. The molecule has 0 bridgehead atoms. The van der Waals surface area contributed by atoms with Crippen molar-refractivity contribution in [1.29, 1.82) is 0 Å². The number of benzene rings is 1. The lowest BCUT2D eigenvalue weighted by Crippen LogP contribution is -2.12. The average molecular weight is 393 g/mol. The second-order valence-corrected chi connectivity index (χ2v) is 7.55. The molecular formula is C16H13BrN2OS2. The molecule has 3 aromatic rings. The minimum Gasteiger partial charge on any atom is -0.321 e. The van der Waals surface area contributed by atoms with Gasteiger partial charge >= 0.3 is 0 Å². The average Bonchev–Trinajstić information content (AvgIpc) is 3.11. The fraction of sp³-hybridized carbons (Fsp3) is 0.125. The van der Waals surface area contributed by atoms with Gasteiger partial charge in [0.2, 0.25) is 0 Å². The Morgan fingerprint density at radius 1 is 1.27 bits per heavy atom. The van der Waals surface area contributed by atoms with E-state index in [2.05, 4.69) is 26.2 Å². The number of carbonyl (C=O) groups excluding carboxylic acids is 1. The van der Waals surface area contributed by atoms with Gasteiger partial charge in [-0.15, -0.1) is 11.3 Å². The molecule has 0 saturated carbocycles. The van der Waals surface area contributed by atoms with Gasteiger partial charge in [-0.1, -0.05) is 22.0 Å². The number of thiophene rings is 1. The fourth-order valence-corrected chi connectivity index (χ4v) is 4.06. The minimum absolute atomic E-state index is 0.113. The highest BCUT2D eigenvalue weighted by molar-refractivity contribution is 9.10. The summed E-state index contributed by atoms with van der Waals surface area (Å²) in [6.45, 7) is 3.84. The van der Waals surface area contributed by atoms with E-state index in [9.17, 15) is 4.79 Å². The number of aromatic nitrogens is 1. The number of rotatable bonds is 3. The molecule has 0 aliphatic rings. The lowest BCUT2D eigenvalue weighted by molar-refractivity contribution is 0.102. The van der Waals surface area contributed by atoms with Crippen LogP contribution in [0.2, 0.25) is 0 Å². The van der Waals surface area contributed by atoms with Crippen molar-refractivity contribution < 1.29 is 4.79 Å². The predicted molar refractivity (Wildman–Crippen MR) is 97.0 cm³/mol. The van der Waals surface area contributed by atoms with Crippen LogP contribution in [0.5, 0.6) is 0 Å². The van der Waals surface area contributed by atoms with E-state index in [4.69, 9.17) is 0 Å². The lowest BCUT2D eigenvalue weighted by Gasteiger charge is -2.08. The summed E-state index contributed by atoms with van der Waals surface area (Å²) in [4.78, 5) is 17.7. The molecule has 0 aliphatic heterocycles. The number of hydrogen-bond acceptors (Lipinski definition) is 4. The van der Waals surface area contributed by atoms with Gasteiger partial charge in [0, 0.05) is 21.1 Å². The molecule has 6 heteroatoms. The van der Waals surface area contributed by atoms with Gasteiger partial charge in [-0.2, -0.15) is 11.3 Å². The molecule has 1 N–H and O–H groups in total. The second kappa shape index (κ2) is 6.32. The van der Waals surface area contributed by atoms with Crippen LogP contribution in [-0.4, -0.2) is 10.9 Å². The van der Waals surface area contributed by atoms with E-state index in [0.29, 0.717) is 4.88 Å². The van der Waals surface area contributed by atoms with Gasteiger partial charge < -0.3 is 5.32 Å². The number of thiazole rings is 1. The first-order chi connectivity index (χ1) is 10.5. The summed E-state index contributed by atoms with van der Waals surface area (Å²) in [5.41, 5.74) is 3.66. The van der Waals surface area contributed by atoms with Gasteiger partial charge in [0.25, 0.3) is 5.91 Å². The van der Waals surface area contributed by atoms with E-state index in [1.165, 1.54) is 11.3 Å². The van der Waals surface area contributed by atoms with E-state index in [1.807, 2.05) is 48.9 Å². The first kappa shape index (κ1) is 15.4. The molecule has 3 rings (SSSR count). The topological polar surface area (TPSA) is 42.0 Å². The summed E-state index contributed by atoms with van der Waals surface area (Å²) in [6, 6.07) is 7.85. The maximum absolute atomic E-state index is 12.5. The van der Waals surface area contributed by atoms with Crippen molar-refractivity contribution in [2.24, 2.45) is 0 Å². The van der Waals surface area contributed by atoms with Crippen LogP contribution < -0.4 is 5.32 Å². The second-order valence-electron chi connectivity index (χ2n) is 4.86. The highest BCUT2D eigenvalue weighted by Crippen LogP contribution is 2.30. The number of nitrogens with one attached hydrogen (secondary N) is 1. The van der Waals surface area contributed by atoms with Crippen LogP contribution in [0.15, 0.2) is 39.5 Å². The number of amides is 1. The summed E-state index contributed by atoms with van der Waals surface area (Å²) in [6.07, 6.45) is 0. The normalized spacial score (nSPS) is 10.7. The zero-order chi connectivity index (χ0) is 15.7. The Bertz CT molecular complexity index is 825. The van der Waals surface area contributed by atoms with Crippen LogP contribution in [0.1, 0.15) is 20.9 Å². The molecule has 112 valence electrons. The van der Waals surface area contributed by atoms with Crippen LogP contribution in [0.3, 0.4) is 0 Å². The highest BCUT2D eigenvalue weighted by atomic mass is 79.9. The van der Waals surface area contributed by atoms with E-state index in [-0.39, 0.29) is 5.91 Å². The number of carbonyl (C=O) groups is 1. The van der Waals surface area contributed by atoms with Crippen molar-refractivity contribution >= 4 is 50.2 Å². The Balaban J connectivity index is 1.88. The fourth-order valence-electron chi connectivity index (χ4n) is 2.02. The zero-order valence-corrected chi connectivity index (χ0v) is 15.2. The van der Waals surface area contributed by atoms with E-state index in [0.717, 1.165) is 32.0 Å². The van der Waals surface area contributed by atoms with Crippen molar-refractivity contribution in [2.45, 2.75) is 13.8 Å². The van der Waals surface area contributed by atoms with E-state index >= 15 is 0 Å². The molecule has 0 unspecified atom stereocenters. The third-order valence-electron chi connectivity index (χ3n) is 3.22. The van der Waals surface area contributed by atoms with Crippen LogP contribution in [-0.2, 0) is 0 Å². The van der Waals surface area contributed by atoms with Crippen molar-refractivity contribution in [3.05, 3.63) is 55.6 Å². The van der Waals surface area contributed by atoms with Gasteiger partial charge in [0.05, 0.1) is 5.69 Å². The maximum atomic E-state index is 12.5. The summed E-state index contributed by atoms with van der Waals surface area (Å²) in [5, 5.41) is 7.91. The third-order valence-corrected chi connectivity index (χ3v) is 5.60. The van der Waals surface area contributed by atoms with Crippen molar-refractivity contribution in [2.75, 3.05) is 5.32 Å². The molecule has 1 amide bonds. The number of nitrogens with zero attached hydrogens (tertiary/aromatic N) is 1. The lowest BCUT2D eigenvalue weighted by atomic mass is 10.2. The number of halogens is 1. The molecule has 0 aliphatic carbocycles. The van der Waals surface area contributed by atoms with E-state index < -0.39 is 0 Å². The van der Waals surface area contributed by atoms with Gasteiger partial charge in [-0.25, -0.2) is 4.98 Å². The maximum Gasteiger partial charge on any atom is 0.267 e. The highest BCUT2D eigenvalue weighted by Gasteiger charge is 2.17. The van der Waals surface area contributed by atoms with Crippen LogP contribution >= 0.6 is 38.6 Å². The smallest absolute Gasteiger partial charge is 0.267 e. The number of hydrogen-bond donors (Lipinski definition) is 1. The molecule has 22 heavy (non-hydrogen) atoms. The minimum atomic E-state index is -0.113. The summed E-state index contributed by atoms with van der Waals surface area (Å²) >= 11 is 6.48. The van der Waals surface area contributed by atoms with E-state index in [1.54, 1.807) is 11.3 Å². The third kappa shape index (κ3) is 3.14. The molecule has 0 radical (unpaired) electrons. The van der Waals surface area contributed by atoms with Crippen LogP contribution in [0, 0.1) is 13.8 Å². The Labute approximate surface area is 145 Å². The molecule has 0 spiro atoms. The SMILES string of the molecule is Cc1ccc(Br)cc1NC(=O)c1sc(-c2ccsc2)nc1C. The Morgan fingerprint density at radius 2 is 2.09 bits per heavy atom. The van der Waals surface area contributed by atoms with Gasteiger partial charge in [0.15, 0.2) is 0 Å². The predicted octanol–water partition coefficient (Wildman–Crippen LogP) is 5.50. The largest absolute Gasteiger partial charge is 0.321 e. The first-order valence-electron chi connectivity index (χ1n) is 6.62. The summed E-state index contributed by atoms with van der Waals surface area (Å²) in [7, 11) is 0. The van der Waals surface area contributed by atoms with Crippen molar-refractivity contribution in [3.8, 4) is 10.6 Å². The first-order valence-corrected chi connectivity index (χ1v) is 9.17. The molecular weight excluding hydrogens is 380 g/mol. The monoisotopic (exact) mass is 392 g/mol. The zero-order valence-electron chi connectivity index (χ0n) is 12.0. The Hall–Kier alpha value is -1.50. The van der Waals surface area contributed by atoms with Gasteiger partial charge in [-0.3, -0.25) is 4.79 Å². The number of anilines is 1. The molecule has 0 saturated heterocycles.